The fourth-order valence-corrected chi connectivity index (χ4v) is 2.56. The number of hydrogen-bond acceptors (Lipinski definition) is 1. The summed E-state index contributed by atoms with van der Waals surface area (Å²) in [6.07, 6.45) is 0. The van der Waals surface area contributed by atoms with Crippen molar-refractivity contribution in [1.29, 1.82) is 0 Å². The number of rotatable bonds is 2. The summed E-state index contributed by atoms with van der Waals surface area (Å²) in [5.74, 6) is 0. The molecule has 0 saturated carbocycles. The highest BCUT2D eigenvalue weighted by Crippen LogP contribution is 2.33. The molecule has 0 radical (unpaired) electrons. The Hall–Kier alpha value is -2.54. The Morgan fingerprint density at radius 1 is 0.619 bits per heavy atom. The van der Waals surface area contributed by atoms with E-state index >= 15 is 0 Å². The van der Waals surface area contributed by atoms with Crippen LogP contribution in [0.3, 0.4) is 0 Å². The number of aryl methyl sites for hydroxylation is 2. The van der Waals surface area contributed by atoms with Crippen LogP contribution in [0.15, 0.2) is 66.7 Å². The van der Waals surface area contributed by atoms with Gasteiger partial charge < -0.3 is 5.73 Å². The maximum Gasteiger partial charge on any atom is 0.0314 e. The van der Waals surface area contributed by atoms with Crippen LogP contribution < -0.4 is 5.73 Å². The molecular weight excluding hydrogens is 254 g/mol. The van der Waals surface area contributed by atoms with Gasteiger partial charge in [0.15, 0.2) is 0 Å². The third kappa shape index (κ3) is 2.68. The van der Waals surface area contributed by atoms with Crippen molar-refractivity contribution in [2.24, 2.45) is 0 Å². The van der Waals surface area contributed by atoms with Crippen molar-refractivity contribution in [2.45, 2.75) is 13.8 Å². The predicted octanol–water partition coefficient (Wildman–Crippen LogP) is 5.22. The molecule has 0 aliphatic heterocycles. The third-order valence-electron chi connectivity index (χ3n) is 3.97. The van der Waals surface area contributed by atoms with Crippen LogP contribution in [0.4, 0.5) is 5.69 Å². The first-order valence-corrected chi connectivity index (χ1v) is 7.18. The molecular formula is C20H19N. The van der Waals surface area contributed by atoms with Crippen LogP contribution in [0.25, 0.3) is 22.3 Å². The Balaban J connectivity index is 2.15. The molecule has 0 aliphatic carbocycles. The Bertz CT molecular complexity index is 770. The zero-order valence-corrected chi connectivity index (χ0v) is 12.4. The van der Waals surface area contributed by atoms with E-state index in [1.54, 1.807) is 0 Å². The van der Waals surface area contributed by atoms with Gasteiger partial charge in [-0.25, -0.2) is 0 Å². The van der Waals surface area contributed by atoms with Crippen LogP contribution in [-0.2, 0) is 0 Å². The van der Waals surface area contributed by atoms with Gasteiger partial charge >= 0.3 is 0 Å². The molecule has 0 amide bonds. The molecule has 0 aliphatic rings. The molecule has 0 aromatic heterocycles. The van der Waals surface area contributed by atoms with Gasteiger partial charge in [0.05, 0.1) is 0 Å². The molecule has 0 fully saturated rings. The monoisotopic (exact) mass is 273 g/mol. The van der Waals surface area contributed by atoms with Crippen molar-refractivity contribution >= 4 is 5.69 Å². The van der Waals surface area contributed by atoms with Gasteiger partial charge in [-0.3, -0.25) is 0 Å². The molecule has 0 spiro atoms. The summed E-state index contributed by atoms with van der Waals surface area (Å²) in [5.41, 5.74) is 14.2. The fourth-order valence-electron chi connectivity index (χ4n) is 2.56. The van der Waals surface area contributed by atoms with Gasteiger partial charge in [0.2, 0.25) is 0 Å². The first-order chi connectivity index (χ1) is 10.1. The van der Waals surface area contributed by atoms with Crippen LogP contribution >= 0.6 is 0 Å². The predicted molar refractivity (Wildman–Crippen MR) is 91.2 cm³/mol. The standard InChI is InChI=1S/C20H19N/c1-14-7-8-17(13-15(14)2)20-6-4-3-5-19(20)16-9-11-18(21)12-10-16/h3-13H,21H2,1-2H3. The Morgan fingerprint density at radius 3 is 1.81 bits per heavy atom. The quantitative estimate of drug-likeness (QED) is 0.636. The molecule has 1 heteroatoms. The number of benzene rings is 3. The highest BCUT2D eigenvalue weighted by Gasteiger charge is 2.07. The normalized spacial score (nSPS) is 10.6. The molecule has 0 atom stereocenters. The van der Waals surface area contributed by atoms with E-state index in [-0.39, 0.29) is 0 Å². The lowest BCUT2D eigenvalue weighted by molar-refractivity contribution is 1.34. The van der Waals surface area contributed by atoms with Gasteiger partial charge in [0.25, 0.3) is 0 Å². The second kappa shape index (κ2) is 5.45. The van der Waals surface area contributed by atoms with Gasteiger partial charge in [-0.15, -0.1) is 0 Å². The van der Waals surface area contributed by atoms with E-state index < -0.39 is 0 Å². The largest absolute Gasteiger partial charge is 0.399 e. The third-order valence-corrected chi connectivity index (χ3v) is 3.97. The van der Waals surface area contributed by atoms with Crippen molar-refractivity contribution < 1.29 is 0 Å². The molecule has 2 N–H and O–H groups in total. The minimum absolute atomic E-state index is 0.794. The Labute approximate surface area is 126 Å². The van der Waals surface area contributed by atoms with Crippen LogP contribution in [0.2, 0.25) is 0 Å². The molecule has 1 nitrogen and oxygen atoms in total. The van der Waals surface area contributed by atoms with E-state index in [2.05, 4.69) is 68.4 Å². The van der Waals surface area contributed by atoms with E-state index in [0.29, 0.717) is 0 Å². The topological polar surface area (TPSA) is 26.0 Å². The smallest absolute Gasteiger partial charge is 0.0314 e. The van der Waals surface area contributed by atoms with Crippen LogP contribution in [-0.4, -0.2) is 0 Å². The first-order valence-electron chi connectivity index (χ1n) is 7.18. The highest BCUT2D eigenvalue weighted by atomic mass is 14.5. The second-order valence-electron chi connectivity index (χ2n) is 5.47. The van der Waals surface area contributed by atoms with E-state index in [9.17, 15) is 0 Å². The lowest BCUT2D eigenvalue weighted by Gasteiger charge is -2.12. The van der Waals surface area contributed by atoms with E-state index in [1.807, 2.05) is 12.1 Å². The molecule has 0 bridgehead atoms. The second-order valence-corrected chi connectivity index (χ2v) is 5.47. The first kappa shape index (κ1) is 13.4. The van der Waals surface area contributed by atoms with E-state index in [0.717, 1.165) is 5.69 Å². The molecule has 21 heavy (non-hydrogen) atoms. The molecule has 3 rings (SSSR count). The van der Waals surface area contributed by atoms with Crippen molar-refractivity contribution in [2.75, 3.05) is 5.73 Å². The lowest BCUT2D eigenvalue weighted by Crippen LogP contribution is -1.88. The van der Waals surface area contributed by atoms with Gasteiger partial charge in [0.1, 0.15) is 0 Å². The zero-order valence-electron chi connectivity index (χ0n) is 12.4. The minimum atomic E-state index is 0.794. The number of nitrogens with two attached hydrogens (primary N) is 1. The van der Waals surface area contributed by atoms with Gasteiger partial charge in [-0.2, -0.15) is 0 Å². The number of anilines is 1. The lowest BCUT2D eigenvalue weighted by atomic mass is 9.93. The summed E-state index contributed by atoms with van der Waals surface area (Å²) in [7, 11) is 0. The van der Waals surface area contributed by atoms with E-state index in [4.69, 9.17) is 5.73 Å². The summed E-state index contributed by atoms with van der Waals surface area (Å²) in [4.78, 5) is 0. The van der Waals surface area contributed by atoms with Gasteiger partial charge in [-0.05, 0) is 59.4 Å². The van der Waals surface area contributed by atoms with Gasteiger partial charge in [0, 0.05) is 5.69 Å². The fraction of sp³-hybridized carbons (Fsp3) is 0.100. The van der Waals surface area contributed by atoms with Crippen molar-refractivity contribution in [3.63, 3.8) is 0 Å². The van der Waals surface area contributed by atoms with Crippen LogP contribution in [0, 0.1) is 13.8 Å². The summed E-state index contributed by atoms with van der Waals surface area (Å²) < 4.78 is 0. The maximum atomic E-state index is 5.79. The maximum absolute atomic E-state index is 5.79. The van der Waals surface area contributed by atoms with Crippen molar-refractivity contribution in [1.82, 2.24) is 0 Å². The minimum Gasteiger partial charge on any atom is -0.399 e. The Kier molecular flexibility index (Phi) is 3.49. The SMILES string of the molecule is Cc1ccc(-c2ccccc2-c2ccc(N)cc2)cc1C. The molecule has 3 aromatic rings. The van der Waals surface area contributed by atoms with Gasteiger partial charge in [-0.1, -0.05) is 54.6 Å². The van der Waals surface area contributed by atoms with Crippen LogP contribution in [0.1, 0.15) is 11.1 Å². The van der Waals surface area contributed by atoms with E-state index in [1.165, 1.54) is 33.4 Å². The van der Waals surface area contributed by atoms with Crippen molar-refractivity contribution in [3.8, 4) is 22.3 Å². The summed E-state index contributed by atoms with van der Waals surface area (Å²) in [6, 6.07) is 23.2. The number of hydrogen-bond donors (Lipinski definition) is 1. The number of nitrogen functional groups attached to an aromatic ring is 1. The summed E-state index contributed by atoms with van der Waals surface area (Å²) >= 11 is 0. The molecule has 104 valence electrons. The van der Waals surface area contributed by atoms with Crippen LogP contribution in [0.5, 0.6) is 0 Å². The summed E-state index contributed by atoms with van der Waals surface area (Å²) in [6.45, 7) is 4.30. The molecule has 3 aromatic carbocycles. The Morgan fingerprint density at radius 2 is 1.19 bits per heavy atom. The summed E-state index contributed by atoms with van der Waals surface area (Å²) in [5, 5.41) is 0. The molecule has 0 heterocycles. The average Bonchev–Trinajstić information content (AvgIpc) is 2.51. The molecule has 0 saturated heterocycles. The molecule has 0 unspecified atom stereocenters. The highest BCUT2D eigenvalue weighted by molar-refractivity contribution is 5.84. The average molecular weight is 273 g/mol. The zero-order chi connectivity index (χ0) is 14.8. The van der Waals surface area contributed by atoms with Crippen molar-refractivity contribution in [3.05, 3.63) is 77.9 Å².